The SMILES string of the molecule is CNc1ccc(Cc2ccc3oc(=O)n(C)c3c2)cc1. The normalized spacial score (nSPS) is 10.9. The Morgan fingerprint density at radius 1 is 1.10 bits per heavy atom. The van der Waals surface area contributed by atoms with Gasteiger partial charge in [-0.1, -0.05) is 18.2 Å². The average Bonchev–Trinajstić information content (AvgIpc) is 2.75. The summed E-state index contributed by atoms with van der Waals surface area (Å²) in [7, 11) is 3.63. The largest absolute Gasteiger partial charge is 0.419 e. The molecule has 0 aliphatic carbocycles. The van der Waals surface area contributed by atoms with Gasteiger partial charge in [0.2, 0.25) is 0 Å². The summed E-state index contributed by atoms with van der Waals surface area (Å²) in [5.41, 5.74) is 4.95. The molecule has 102 valence electrons. The second-order valence-electron chi connectivity index (χ2n) is 4.85. The van der Waals surface area contributed by atoms with Gasteiger partial charge in [0.15, 0.2) is 5.58 Å². The highest BCUT2D eigenvalue weighted by Crippen LogP contribution is 2.18. The fraction of sp³-hybridized carbons (Fsp3) is 0.188. The zero-order chi connectivity index (χ0) is 14.1. The van der Waals surface area contributed by atoms with Crippen LogP contribution in [0.1, 0.15) is 11.1 Å². The van der Waals surface area contributed by atoms with Crippen LogP contribution in [0, 0.1) is 0 Å². The van der Waals surface area contributed by atoms with Crippen molar-refractivity contribution in [3.63, 3.8) is 0 Å². The van der Waals surface area contributed by atoms with Crippen LogP contribution in [0.4, 0.5) is 5.69 Å². The summed E-state index contributed by atoms with van der Waals surface area (Å²) in [6, 6.07) is 14.2. The Labute approximate surface area is 116 Å². The fourth-order valence-corrected chi connectivity index (χ4v) is 2.31. The molecule has 0 spiro atoms. The summed E-state index contributed by atoms with van der Waals surface area (Å²) in [5, 5.41) is 3.10. The molecule has 4 nitrogen and oxygen atoms in total. The molecule has 0 bridgehead atoms. The van der Waals surface area contributed by atoms with E-state index in [1.165, 1.54) is 10.1 Å². The van der Waals surface area contributed by atoms with Gasteiger partial charge in [0.25, 0.3) is 0 Å². The number of hydrogen-bond acceptors (Lipinski definition) is 3. The van der Waals surface area contributed by atoms with Crippen molar-refractivity contribution >= 4 is 16.8 Å². The van der Waals surface area contributed by atoms with Crippen molar-refractivity contribution in [2.75, 3.05) is 12.4 Å². The highest BCUT2D eigenvalue weighted by molar-refractivity contribution is 5.73. The van der Waals surface area contributed by atoms with Gasteiger partial charge in [-0.2, -0.15) is 0 Å². The van der Waals surface area contributed by atoms with Crippen molar-refractivity contribution in [1.29, 1.82) is 0 Å². The first-order valence-corrected chi connectivity index (χ1v) is 6.52. The molecule has 1 N–H and O–H groups in total. The molecular weight excluding hydrogens is 252 g/mol. The standard InChI is InChI=1S/C16H16N2O2/c1-17-13-6-3-11(4-7-13)9-12-5-8-15-14(10-12)18(2)16(19)20-15/h3-8,10,17H,9H2,1-2H3. The Morgan fingerprint density at radius 2 is 1.80 bits per heavy atom. The number of benzene rings is 2. The van der Waals surface area contributed by atoms with Gasteiger partial charge in [-0.05, 0) is 41.8 Å². The van der Waals surface area contributed by atoms with Gasteiger partial charge >= 0.3 is 5.76 Å². The van der Waals surface area contributed by atoms with E-state index >= 15 is 0 Å². The minimum Gasteiger partial charge on any atom is -0.408 e. The molecule has 3 rings (SSSR count). The zero-order valence-electron chi connectivity index (χ0n) is 11.5. The van der Waals surface area contributed by atoms with Gasteiger partial charge in [-0.3, -0.25) is 4.57 Å². The molecule has 0 unspecified atom stereocenters. The first kappa shape index (κ1) is 12.5. The van der Waals surface area contributed by atoms with E-state index in [-0.39, 0.29) is 5.76 Å². The fourth-order valence-electron chi connectivity index (χ4n) is 2.31. The predicted octanol–water partition coefficient (Wildman–Crippen LogP) is 2.76. The van der Waals surface area contributed by atoms with Crippen LogP contribution in [0.15, 0.2) is 51.7 Å². The summed E-state index contributed by atoms with van der Waals surface area (Å²) < 4.78 is 6.66. The van der Waals surface area contributed by atoms with Gasteiger partial charge in [0.05, 0.1) is 5.52 Å². The van der Waals surface area contributed by atoms with Crippen LogP contribution in [0.25, 0.3) is 11.1 Å². The molecule has 1 heterocycles. The quantitative estimate of drug-likeness (QED) is 0.794. The summed E-state index contributed by atoms with van der Waals surface area (Å²) >= 11 is 0. The topological polar surface area (TPSA) is 47.2 Å². The number of fused-ring (bicyclic) bond motifs is 1. The van der Waals surface area contributed by atoms with Gasteiger partial charge in [0, 0.05) is 19.8 Å². The highest BCUT2D eigenvalue weighted by Gasteiger charge is 2.06. The summed E-state index contributed by atoms with van der Waals surface area (Å²) in [6.45, 7) is 0. The molecule has 0 saturated carbocycles. The monoisotopic (exact) mass is 268 g/mol. The lowest BCUT2D eigenvalue weighted by atomic mass is 10.0. The van der Waals surface area contributed by atoms with Crippen LogP contribution < -0.4 is 11.1 Å². The number of hydrogen-bond donors (Lipinski definition) is 1. The Morgan fingerprint density at radius 3 is 2.50 bits per heavy atom. The molecule has 0 aliphatic rings. The lowest BCUT2D eigenvalue weighted by Gasteiger charge is -2.04. The number of oxazole rings is 1. The minimum atomic E-state index is -0.324. The number of aromatic nitrogens is 1. The molecule has 3 aromatic rings. The van der Waals surface area contributed by atoms with Gasteiger partial charge in [-0.15, -0.1) is 0 Å². The van der Waals surface area contributed by atoms with E-state index in [4.69, 9.17) is 4.42 Å². The second-order valence-corrected chi connectivity index (χ2v) is 4.85. The third-order valence-electron chi connectivity index (χ3n) is 3.51. The van der Waals surface area contributed by atoms with Crippen LogP contribution in [-0.4, -0.2) is 11.6 Å². The molecule has 2 aromatic carbocycles. The number of rotatable bonds is 3. The van der Waals surface area contributed by atoms with Crippen LogP contribution in [-0.2, 0) is 13.5 Å². The summed E-state index contributed by atoms with van der Waals surface area (Å²) in [6.07, 6.45) is 0.833. The Bertz CT molecular complexity index is 797. The number of aryl methyl sites for hydroxylation is 1. The van der Waals surface area contributed by atoms with E-state index in [0.717, 1.165) is 23.2 Å². The number of anilines is 1. The molecule has 0 radical (unpaired) electrons. The third-order valence-corrected chi connectivity index (χ3v) is 3.51. The van der Waals surface area contributed by atoms with E-state index < -0.39 is 0 Å². The lowest BCUT2D eigenvalue weighted by Crippen LogP contribution is -2.08. The Balaban J connectivity index is 1.93. The predicted molar refractivity (Wildman–Crippen MR) is 80.2 cm³/mol. The molecule has 0 amide bonds. The molecule has 0 fully saturated rings. The molecule has 0 atom stereocenters. The minimum absolute atomic E-state index is 0.324. The third kappa shape index (κ3) is 2.20. The van der Waals surface area contributed by atoms with Gasteiger partial charge in [0.1, 0.15) is 0 Å². The van der Waals surface area contributed by atoms with Crippen molar-refractivity contribution < 1.29 is 4.42 Å². The molecular formula is C16H16N2O2. The van der Waals surface area contributed by atoms with E-state index in [0.29, 0.717) is 5.58 Å². The molecule has 1 aromatic heterocycles. The maximum Gasteiger partial charge on any atom is 0.419 e. The summed E-state index contributed by atoms with van der Waals surface area (Å²) in [4.78, 5) is 11.5. The Kier molecular flexibility index (Phi) is 3.06. The van der Waals surface area contributed by atoms with Crippen molar-refractivity contribution in [2.24, 2.45) is 7.05 Å². The number of nitrogens with zero attached hydrogens (tertiary/aromatic N) is 1. The average molecular weight is 268 g/mol. The highest BCUT2D eigenvalue weighted by atomic mass is 16.4. The van der Waals surface area contributed by atoms with E-state index in [9.17, 15) is 4.79 Å². The van der Waals surface area contributed by atoms with Gasteiger partial charge in [-0.25, -0.2) is 4.79 Å². The van der Waals surface area contributed by atoms with E-state index in [1.54, 1.807) is 7.05 Å². The maximum atomic E-state index is 11.5. The maximum absolute atomic E-state index is 11.5. The van der Waals surface area contributed by atoms with Crippen molar-refractivity contribution in [3.05, 3.63) is 64.1 Å². The lowest BCUT2D eigenvalue weighted by molar-refractivity contribution is 0.528. The molecule has 4 heteroatoms. The Hall–Kier alpha value is -2.49. The zero-order valence-corrected chi connectivity index (χ0v) is 11.5. The first-order chi connectivity index (χ1) is 9.67. The molecule has 0 aliphatic heterocycles. The second kappa shape index (κ2) is 4.89. The number of nitrogens with one attached hydrogen (secondary N) is 1. The molecule has 20 heavy (non-hydrogen) atoms. The first-order valence-electron chi connectivity index (χ1n) is 6.52. The smallest absolute Gasteiger partial charge is 0.408 e. The van der Waals surface area contributed by atoms with Crippen LogP contribution in [0.2, 0.25) is 0 Å². The van der Waals surface area contributed by atoms with E-state index in [1.807, 2.05) is 25.2 Å². The van der Waals surface area contributed by atoms with Crippen molar-refractivity contribution in [2.45, 2.75) is 6.42 Å². The van der Waals surface area contributed by atoms with Crippen LogP contribution >= 0.6 is 0 Å². The summed E-state index contributed by atoms with van der Waals surface area (Å²) in [5.74, 6) is -0.324. The van der Waals surface area contributed by atoms with Crippen LogP contribution in [0.5, 0.6) is 0 Å². The van der Waals surface area contributed by atoms with E-state index in [2.05, 4.69) is 29.6 Å². The van der Waals surface area contributed by atoms with Crippen molar-refractivity contribution in [1.82, 2.24) is 4.57 Å². The molecule has 0 saturated heterocycles. The van der Waals surface area contributed by atoms with Crippen molar-refractivity contribution in [3.8, 4) is 0 Å². The van der Waals surface area contributed by atoms with Crippen LogP contribution in [0.3, 0.4) is 0 Å². The van der Waals surface area contributed by atoms with Gasteiger partial charge < -0.3 is 9.73 Å².